The zero-order valence-corrected chi connectivity index (χ0v) is 31.5. The quantitative estimate of drug-likeness (QED) is 0.222. The van der Waals surface area contributed by atoms with E-state index < -0.39 is 43.4 Å². The Morgan fingerprint density at radius 3 is 2.24 bits per heavy atom. The van der Waals surface area contributed by atoms with E-state index in [2.05, 4.69) is 33.9 Å². The fourth-order valence-electron chi connectivity index (χ4n) is 8.87. The first-order chi connectivity index (χ1) is 24.0. The molecule has 51 heavy (non-hydrogen) atoms. The van der Waals surface area contributed by atoms with Gasteiger partial charge in [-0.2, -0.15) is 18.4 Å². The van der Waals surface area contributed by atoms with Gasteiger partial charge in [0.15, 0.2) is 8.32 Å². The summed E-state index contributed by atoms with van der Waals surface area (Å²) in [5, 5.41) is 9.81. The van der Waals surface area contributed by atoms with Crippen molar-refractivity contribution in [1.29, 1.82) is 5.26 Å². The lowest BCUT2D eigenvalue weighted by Gasteiger charge is -2.54. The van der Waals surface area contributed by atoms with Gasteiger partial charge in [-0.25, -0.2) is 0 Å². The average molecular weight is 727 g/mol. The van der Waals surface area contributed by atoms with Crippen LogP contribution in [-0.4, -0.2) is 45.7 Å². The van der Waals surface area contributed by atoms with Gasteiger partial charge >= 0.3 is 12.1 Å². The molecule has 5 aliphatic rings. The van der Waals surface area contributed by atoms with Crippen LogP contribution < -0.4 is 0 Å². The van der Waals surface area contributed by atoms with Gasteiger partial charge < -0.3 is 23.4 Å². The second kappa shape index (κ2) is 12.9. The van der Waals surface area contributed by atoms with Crippen molar-refractivity contribution in [3.8, 4) is 6.07 Å². The van der Waals surface area contributed by atoms with Gasteiger partial charge in [-0.1, -0.05) is 33.3 Å². The smallest absolute Gasteiger partial charge is 0.417 e. The number of benzene rings is 1. The average Bonchev–Trinajstić information content (AvgIpc) is 3.37. The predicted octanol–water partition coefficient (Wildman–Crippen LogP) is 9.23. The lowest BCUT2D eigenvalue weighted by atomic mass is 9.57. The highest BCUT2D eigenvalue weighted by atomic mass is 28.4. The molecule has 3 aliphatic heterocycles. The Hall–Kier alpha value is -2.82. The maximum absolute atomic E-state index is 14.0. The maximum Gasteiger partial charge on any atom is 0.417 e. The molecule has 276 valence electrons. The molecule has 3 fully saturated rings. The standard InChI is InChI=1S/C39H49F3N2O6Si/c1-23(45)48-35-33-29(28(21-37(35)12-7-13-37)50-51(5,6)36(2,3)4)31-30(32(44-33)24-10-16-46-17-11-24)34(49-38(31)14-18-47-19-15-38)25-8-9-27(39(40,41)42)26(20-25)22-43/h8-9,20,24,28,34-35H,7,10-19,21H2,1-6H3. The molecule has 8 nitrogen and oxygen atoms in total. The van der Waals surface area contributed by atoms with Crippen LogP contribution in [-0.2, 0) is 39.9 Å². The number of carbonyl (C=O) groups excluding carboxylic acids is 1. The number of aromatic nitrogens is 1. The van der Waals surface area contributed by atoms with Crippen LogP contribution in [0.3, 0.4) is 0 Å². The number of carbonyl (C=O) groups is 1. The summed E-state index contributed by atoms with van der Waals surface area (Å²) in [5.41, 5.74) is 2.18. The SMILES string of the molecule is CC(=O)OC1c2nc(C3CCOCC3)c3c(c2C(O[Si](C)(C)C(C)(C)C)CC12CCC2)C1(CCOCC1)OC3c1ccc(C(F)(F)F)c(C#N)c1. The van der Waals surface area contributed by atoms with Gasteiger partial charge in [-0.3, -0.25) is 9.78 Å². The first kappa shape index (κ1) is 36.5. The molecule has 0 amide bonds. The first-order valence-electron chi connectivity index (χ1n) is 18.4. The summed E-state index contributed by atoms with van der Waals surface area (Å²) >= 11 is 0. The second-order valence-corrected chi connectivity index (χ2v) is 21.5. The van der Waals surface area contributed by atoms with E-state index in [0.29, 0.717) is 64.1 Å². The summed E-state index contributed by atoms with van der Waals surface area (Å²) < 4.78 is 74.6. The Morgan fingerprint density at radius 2 is 1.67 bits per heavy atom. The Balaban J connectivity index is 1.54. The highest BCUT2D eigenvalue weighted by Gasteiger charge is 2.59. The summed E-state index contributed by atoms with van der Waals surface area (Å²) in [6.07, 6.45) is -0.378. The van der Waals surface area contributed by atoms with Crippen LogP contribution >= 0.6 is 0 Å². The number of halogens is 3. The van der Waals surface area contributed by atoms with Crippen LogP contribution in [0.15, 0.2) is 18.2 Å². The molecule has 1 saturated carbocycles. The molecular formula is C39H49F3N2O6Si. The molecule has 0 radical (unpaired) electrons. The van der Waals surface area contributed by atoms with E-state index in [1.165, 1.54) is 19.1 Å². The number of esters is 1. The van der Waals surface area contributed by atoms with E-state index in [9.17, 15) is 23.2 Å². The van der Waals surface area contributed by atoms with Gasteiger partial charge in [0.1, 0.15) is 12.2 Å². The minimum Gasteiger partial charge on any atom is -0.455 e. The molecule has 3 unspecified atom stereocenters. The zero-order valence-electron chi connectivity index (χ0n) is 30.5. The third-order valence-corrected chi connectivity index (χ3v) is 17.2. The van der Waals surface area contributed by atoms with Gasteiger partial charge in [-0.05, 0) is 73.5 Å². The van der Waals surface area contributed by atoms with Crippen LogP contribution in [0, 0.1) is 16.7 Å². The molecule has 1 aromatic carbocycles. The number of nitrogens with zero attached hydrogens (tertiary/aromatic N) is 2. The summed E-state index contributed by atoms with van der Waals surface area (Å²) in [5.74, 6) is -0.375. The third kappa shape index (κ3) is 6.24. The molecule has 12 heteroatoms. The van der Waals surface area contributed by atoms with E-state index in [1.54, 1.807) is 6.07 Å². The molecule has 2 aliphatic carbocycles. The monoisotopic (exact) mass is 726 g/mol. The van der Waals surface area contributed by atoms with Crippen molar-refractivity contribution in [3.05, 3.63) is 63.0 Å². The van der Waals surface area contributed by atoms with Crippen LogP contribution in [0.1, 0.15) is 148 Å². The van der Waals surface area contributed by atoms with Gasteiger partial charge in [0.2, 0.25) is 0 Å². The van der Waals surface area contributed by atoms with Crippen LogP contribution in [0.2, 0.25) is 18.1 Å². The third-order valence-electron chi connectivity index (χ3n) is 12.7. The molecule has 2 spiro atoms. The fraction of sp³-hybridized carbons (Fsp3) is 0.667. The maximum atomic E-state index is 14.0. The lowest BCUT2D eigenvalue weighted by Crippen LogP contribution is -2.49. The van der Waals surface area contributed by atoms with Gasteiger partial charge in [0.25, 0.3) is 0 Å². The lowest BCUT2D eigenvalue weighted by molar-refractivity contribution is -0.167. The molecule has 0 bridgehead atoms. The number of nitriles is 1. The highest BCUT2D eigenvalue weighted by molar-refractivity contribution is 6.74. The predicted molar refractivity (Wildman–Crippen MR) is 184 cm³/mol. The number of alkyl halides is 3. The molecular weight excluding hydrogens is 678 g/mol. The highest BCUT2D eigenvalue weighted by Crippen LogP contribution is 2.66. The number of pyridine rings is 1. The summed E-state index contributed by atoms with van der Waals surface area (Å²) in [4.78, 5) is 18.4. The number of fused-ring (bicyclic) bond motifs is 4. The topological polar surface area (TPSA) is 99.9 Å². The van der Waals surface area contributed by atoms with E-state index in [0.717, 1.165) is 53.4 Å². The van der Waals surface area contributed by atoms with Crippen molar-refractivity contribution in [2.24, 2.45) is 5.41 Å². The molecule has 1 aromatic heterocycles. The normalized spacial score (nSPS) is 25.9. The summed E-state index contributed by atoms with van der Waals surface area (Å²) in [6.45, 7) is 14.6. The Bertz CT molecular complexity index is 1730. The Morgan fingerprint density at radius 1 is 1.00 bits per heavy atom. The first-order valence-corrected chi connectivity index (χ1v) is 21.3. The fourth-order valence-corrected chi connectivity index (χ4v) is 10.1. The van der Waals surface area contributed by atoms with Gasteiger partial charge in [-0.15, -0.1) is 0 Å². The van der Waals surface area contributed by atoms with Crippen molar-refractivity contribution in [2.45, 2.75) is 133 Å². The number of hydrogen-bond donors (Lipinski definition) is 0. The van der Waals surface area contributed by atoms with Crippen LogP contribution in [0.5, 0.6) is 0 Å². The molecule has 7 rings (SSSR count). The number of rotatable bonds is 5. The largest absolute Gasteiger partial charge is 0.455 e. The van der Waals surface area contributed by atoms with Crippen molar-refractivity contribution >= 4 is 14.3 Å². The molecule has 3 atom stereocenters. The minimum absolute atomic E-state index is 0.0132. The van der Waals surface area contributed by atoms with Crippen LogP contribution in [0.25, 0.3) is 0 Å². The van der Waals surface area contributed by atoms with Gasteiger partial charge in [0, 0.05) is 68.7 Å². The molecule has 2 saturated heterocycles. The van der Waals surface area contributed by atoms with E-state index in [-0.39, 0.29) is 28.4 Å². The second-order valence-electron chi connectivity index (χ2n) is 16.8. The van der Waals surface area contributed by atoms with E-state index >= 15 is 0 Å². The van der Waals surface area contributed by atoms with Crippen molar-refractivity contribution in [2.75, 3.05) is 26.4 Å². The minimum atomic E-state index is -4.68. The zero-order chi connectivity index (χ0) is 36.6. The molecule has 4 heterocycles. The van der Waals surface area contributed by atoms with E-state index in [4.69, 9.17) is 28.4 Å². The summed E-state index contributed by atoms with van der Waals surface area (Å²) in [7, 11) is -2.38. The van der Waals surface area contributed by atoms with Gasteiger partial charge in [0.05, 0.1) is 40.3 Å². The number of ether oxygens (including phenoxy) is 4. The van der Waals surface area contributed by atoms with Crippen molar-refractivity contribution in [3.63, 3.8) is 0 Å². The molecule has 2 aromatic rings. The number of hydrogen-bond acceptors (Lipinski definition) is 8. The van der Waals surface area contributed by atoms with Crippen molar-refractivity contribution in [1.82, 2.24) is 4.98 Å². The Kier molecular flexibility index (Phi) is 9.27. The summed E-state index contributed by atoms with van der Waals surface area (Å²) in [6, 6.07) is 5.56. The van der Waals surface area contributed by atoms with Crippen LogP contribution in [0.4, 0.5) is 13.2 Å². The molecule has 0 N–H and O–H groups in total. The van der Waals surface area contributed by atoms with E-state index in [1.807, 2.05) is 0 Å². The Labute approximate surface area is 299 Å². The van der Waals surface area contributed by atoms with Crippen molar-refractivity contribution < 1.29 is 41.3 Å².